The number of fused-ring (bicyclic) bond motifs is 7. The second kappa shape index (κ2) is 7.96. The summed E-state index contributed by atoms with van der Waals surface area (Å²) < 4.78 is 1.94. The van der Waals surface area contributed by atoms with Crippen molar-refractivity contribution in [3.8, 4) is 5.69 Å². The highest BCUT2D eigenvalue weighted by atomic mass is 16.1. The predicted molar refractivity (Wildman–Crippen MR) is 134 cm³/mol. The lowest BCUT2D eigenvalue weighted by Crippen LogP contribution is -2.31. The van der Waals surface area contributed by atoms with E-state index in [9.17, 15) is 9.59 Å². The number of nitrogens with zero attached hydrogens (tertiary/aromatic N) is 1. The number of pyridine rings is 1. The fraction of sp³-hybridized carbons (Fsp3) is 0.138. The number of aromatic nitrogens is 2. The molecule has 166 valence electrons. The summed E-state index contributed by atoms with van der Waals surface area (Å²) in [5, 5.41) is 4.85. The van der Waals surface area contributed by atoms with Crippen LogP contribution in [0, 0.1) is 0 Å². The number of anilines is 1. The fourth-order valence-electron chi connectivity index (χ4n) is 4.82. The Bertz CT molecular complexity index is 1600. The zero-order valence-electron chi connectivity index (χ0n) is 18.9. The van der Waals surface area contributed by atoms with Crippen LogP contribution in [-0.4, -0.2) is 16.7 Å². The molecule has 0 bridgehead atoms. The molecule has 6 rings (SSSR count). The number of ketones is 1. The molecule has 0 saturated heterocycles. The van der Waals surface area contributed by atoms with Gasteiger partial charge in [-0.2, -0.15) is 4.57 Å². The van der Waals surface area contributed by atoms with Crippen LogP contribution in [-0.2, 0) is 6.42 Å². The third-order valence-electron chi connectivity index (χ3n) is 6.62. The maximum absolute atomic E-state index is 13.1. The maximum Gasteiger partial charge on any atom is 0.284 e. The maximum atomic E-state index is 13.1. The second-order valence-electron chi connectivity index (χ2n) is 8.81. The molecule has 3 heterocycles. The molecular formula is C29H24N3O2+. The zero-order valence-corrected chi connectivity index (χ0v) is 18.9. The largest absolute Gasteiger partial charge is 0.349 e. The van der Waals surface area contributed by atoms with Crippen LogP contribution in [0.3, 0.4) is 0 Å². The molecule has 0 unspecified atom stereocenters. The van der Waals surface area contributed by atoms with E-state index in [0.29, 0.717) is 16.8 Å². The third-order valence-corrected chi connectivity index (χ3v) is 6.62. The molecule has 5 nitrogen and oxygen atoms in total. The van der Waals surface area contributed by atoms with Gasteiger partial charge in [-0.15, -0.1) is 0 Å². The minimum absolute atomic E-state index is 0.00751. The van der Waals surface area contributed by atoms with Gasteiger partial charge in [-0.25, -0.2) is 0 Å². The zero-order chi connectivity index (χ0) is 23.2. The van der Waals surface area contributed by atoms with Gasteiger partial charge in [0.05, 0.1) is 0 Å². The third kappa shape index (κ3) is 3.20. The van der Waals surface area contributed by atoms with Gasteiger partial charge in [0.2, 0.25) is 5.69 Å². The van der Waals surface area contributed by atoms with E-state index in [2.05, 4.69) is 29.4 Å². The predicted octanol–water partition coefficient (Wildman–Crippen LogP) is 5.74. The van der Waals surface area contributed by atoms with Crippen molar-refractivity contribution >= 4 is 39.2 Å². The molecule has 0 aliphatic carbocycles. The SMILES string of the molecule is CCCCc1ccc(NC(=O)c2ccc3[nH]c4c5[n+](ccc4c3c2)-c2ccccc2C5=O)cc1. The number of unbranched alkanes of at least 4 members (excludes halogenated alkanes) is 1. The van der Waals surface area contributed by atoms with Crippen LogP contribution in [0.4, 0.5) is 5.69 Å². The van der Waals surface area contributed by atoms with Crippen molar-refractivity contribution in [2.24, 2.45) is 0 Å². The monoisotopic (exact) mass is 446 g/mol. The molecule has 5 heteroatoms. The number of hydrogen-bond donors (Lipinski definition) is 2. The number of carbonyl (C=O) groups excluding carboxylic acids is 2. The molecule has 2 aromatic heterocycles. The van der Waals surface area contributed by atoms with E-state index in [1.54, 1.807) is 0 Å². The highest BCUT2D eigenvalue weighted by Gasteiger charge is 2.38. The van der Waals surface area contributed by atoms with E-state index in [1.807, 2.05) is 71.4 Å². The van der Waals surface area contributed by atoms with Crippen LogP contribution in [0.2, 0.25) is 0 Å². The first-order valence-corrected chi connectivity index (χ1v) is 11.7. The summed E-state index contributed by atoms with van der Waals surface area (Å²) >= 11 is 0. The number of rotatable bonds is 5. The highest BCUT2D eigenvalue weighted by molar-refractivity contribution is 6.21. The van der Waals surface area contributed by atoms with Gasteiger partial charge in [0.25, 0.3) is 17.4 Å². The molecule has 1 aliphatic heterocycles. The van der Waals surface area contributed by atoms with Crippen molar-refractivity contribution in [1.82, 2.24) is 4.98 Å². The Hall–Kier alpha value is -4.25. The number of carbonyl (C=O) groups is 2. The minimum atomic E-state index is -0.156. The van der Waals surface area contributed by atoms with Crippen molar-refractivity contribution in [2.45, 2.75) is 26.2 Å². The van der Waals surface area contributed by atoms with Crippen LogP contribution in [0.5, 0.6) is 0 Å². The number of H-pyrrole nitrogens is 1. The van der Waals surface area contributed by atoms with E-state index >= 15 is 0 Å². The molecule has 1 amide bonds. The van der Waals surface area contributed by atoms with Crippen LogP contribution in [0.1, 0.15) is 51.7 Å². The van der Waals surface area contributed by atoms with Crippen molar-refractivity contribution < 1.29 is 14.2 Å². The fourth-order valence-corrected chi connectivity index (χ4v) is 4.82. The molecule has 0 saturated carbocycles. The van der Waals surface area contributed by atoms with Gasteiger partial charge >= 0.3 is 0 Å². The highest BCUT2D eigenvalue weighted by Crippen LogP contribution is 2.31. The first kappa shape index (κ1) is 20.4. The van der Waals surface area contributed by atoms with Crippen molar-refractivity contribution in [1.29, 1.82) is 0 Å². The van der Waals surface area contributed by atoms with E-state index in [0.717, 1.165) is 52.4 Å². The van der Waals surface area contributed by atoms with Gasteiger partial charge in [0.15, 0.2) is 6.20 Å². The lowest BCUT2D eigenvalue weighted by Gasteiger charge is -2.07. The normalized spacial score (nSPS) is 12.2. The summed E-state index contributed by atoms with van der Waals surface area (Å²) in [6.07, 6.45) is 5.31. The number of aromatic amines is 1. The summed E-state index contributed by atoms with van der Waals surface area (Å²) in [4.78, 5) is 29.5. The average molecular weight is 447 g/mol. The minimum Gasteiger partial charge on any atom is -0.349 e. The first-order chi connectivity index (χ1) is 16.6. The lowest BCUT2D eigenvalue weighted by molar-refractivity contribution is -0.592. The smallest absolute Gasteiger partial charge is 0.284 e. The second-order valence-corrected chi connectivity index (χ2v) is 8.81. The summed E-state index contributed by atoms with van der Waals surface area (Å²) in [7, 11) is 0. The Morgan fingerprint density at radius 2 is 1.79 bits per heavy atom. The number of amides is 1. The van der Waals surface area contributed by atoms with E-state index < -0.39 is 0 Å². The van der Waals surface area contributed by atoms with E-state index in [4.69, 9.17) is 0 Å². The molecule has 0 spiro atoms. The van der Waals surface area contributed by atoms with Crippen molar-refractivity contribution in [3.63, 3.8) is 0 Å². The molecule has 1 aliphatic rings. The molecule has 3 aromatic carbocycles. The Morgan fingerprint density at radius 1 is 0.971 bits per heavy atom. The molecule has 0 atom stereocenters. The van der Waals surface area contributed by atoms with Crippen LogP contribution >= 0.6 is 0 Å². The van der Waals surface area contributed by atoms with Gasteiger partial charge in [-0.05, 0) is 54.8 Å². The summed E-state index contributed by atoms with van der Waals surface area (Å²) in [5.74, 6) is -0.148. The van der Waals surface area contributed by atoms with Crippen molar-refractivity contribution in [2.75, 3.05) is 5.32 Å². The topological polar surface area (TPSA) is 65.8 Å². The summed E-state index contributed by atoms with van der Waals surface area (Å²) in [6, 6.07) is 23.3. The van der Waals surface area contributed by atoms with Crippen LogP contribution in [0.25, 0.3) is 27.5 Å². The average Bonchev–Trinajstić information content (AvgIpc) is 3.38. The lowest BCUT2D eigenvalue weighted by atomic mass is 10.1. The van der Waals surface area contributed by atoms with Gasteiger partial charge < -0.3 is 10.3 Å². The van der Waals surface area contributed by atoms with Gasteiger partial charge in [0.1, 0.15) is 11.1 Å². The summed E-state index contributed by atoms with van der Waals surface area (Å²) in [5.41, 5.74) is 6.54. The molecule has 2 N–H and O–H groups in total. The molecule has 5 aromatic rings. The number of aryl methyl sites for hydroxylation is 1. The summed E-state index contributed by atoms with van der Waals surface area (Å²) in [6.45, 7) is 2.18. The van der Waals surface area contributed by atoms with Crippen LogP contribution in [0.15, 0.2) is 79.0 Å². The Balaban J connectivity index is 1.34. The quantitative estimate of drug-likeness (QED) is 0.332. The van der Waals surface area contributed by atoms with Crippen LogP contribution < -0.4 is 9.88 Å². The van der Waals surface area contributed by atoms with Gasteiger partial charge in [0, 0.05) is 39.7 Å². The Labute approximate surface area is 197 Å². The standard InChI is InChI=1S/C29H23N3O2/c1-2-3-6-18-9-12-20(13-10-18)30-29(34)19-11-14-24-23(17-19)21-15-16-32-25-8-5-4-7-22(25)28(33)27(32)26(21)31-24/h4-5,7-17H,2-3,6H2,1H3,(H,30,34)/p+1. The number of benzene rings is 3. The van der Waals surface area contributed by atoms with E-state index in [1.165, 1.54) is 5.56 Å². The number of hydrogen-bond acceptors (Lipinski definition) is 2. The molecule has 0 fully saturated rings. The Kier molecular flexibility index (Phi) is 4.77. The molecule has 34 heavy (non-hydrogen) atoms. The van der Waals surface area contributed by atoms with Gasteiger partial charge in [-0.3, -0.25) is 9.59 Å². The Morgan fingerprint density at radius 3 is 2.62 bits per heavy atom. The molecule has 0 radical (unpaired) electrons. The first-order valence-electron chi connectivity index (χ1n) is 11.7. The van der Waals surface area contributed by atoms with E-state index in [-0.39, 0.29) is 11.7 Å². The molecular weight excluding hydrogens is 422 g/mol. The number of para-hydroxylation sites is 1. The van der Waals surface area contributed by atoms with Crippen molar-refractivity contribution in [3.05, 3.63) is 101 Å². The van der Waals surface area contributed by atoms with Gasteiger partial charge in [-0.1, -0.05) is 37.6 Å². The number of nitrogens with one attached hydrogen (secondary N) is 2.